The van der Waals surface area contributed by atoms with E-state index in [9.17, 15) is 4.79 Å². The minimum Gasteiger partial charge on any atom is -0.352 e. The van der Waals surface area contributed by atoms with E-state index in [1.165, 1.54) is 37.8 Å². The van der Waals surface area contributed by atoms with Crippen LogP contribution in [0.5, 0.6) is 0 Å². The molecule has 4 nitrogen and oxygen atoms in total. The maximum absolute atomic E-state index is 12.3. The van der Waals surface area contributed by atoms with Gasteiger partial charge in [0.2, 0.25) is 5.91 Å². The topological polar surface area (TPSA) is 46.9 Å². The maximum atomic E-state index is 12.3. The number of hydrogen-bond acceptors (Lipinski definition) is 3. The molecule has 1 amide bonds. The number of imidazole rings is 1. The summed E-state index contributed by atoms with van der Waals surface area (Å²) < 4.78 is 2.27. The Balaban J connectivity index is 1.54. The number of aromatic nitrogens is 2. The normalized spacial score (nSPS) is 17.7. The molecule has 2 saturated carbocycles. The highest BCUT2D eigenvalue weighted by Crippen LogP contribution is 2.44. The van der Waals surface area contributed by atoms with Crippen LogP contribution < -0.4 is 5.32 Å². The average molecular weight is 336 g/mol. The van der Waals surface area contributed by atoms with Gasteiger partial charge in [-0.3, -0.25) is 4.79 Å². The first-order valence-electron chi connectivity index (χ1n) is 9.06. The quantitative estimate of drug-likeness (QED) is 0.700. The summed E-state index contributed by atoms with van der Waals surface area (Å²) in [5.41, 5.74) is 2.31. The predicted octanol–water partition coefficient (Wildman–Crippen LogP) is 3.70. The van der Waals surface area contributed by atoms with Crippen molar-refractivity contribution in [1.82, 2.24) is 14.9 Å². The molecule has 2 fully saturated rings. The Morgan fingerprint density at radius 1 is 1.30 bits per heavy atom. The van der Waals surface area contributed by atoms with E-state index >= 15 is 0 Å². The Hall–Kier alpha value is -0.970. The third-order valence-corrected chi connectivity index (χ3v) is 6.05. The van der Waals surface area contributed by atoms with E-state index in [1.807, 2.05) is 0 Å². The third-order valence-electron chi connectivity index (χ3n) is 5.08. The number of nitrogens with zero attached hydrogens (tertiary/aromatic N) is 2. The van der Waals surface area contributed by atoms with Crippen molar-refractivity contribution in [2.24, 2.45) is 11.8 Å². The van der Waals surface area contributed by atoms with E-state index in [0.29, 0.717) is 11.8 Å². The van der Waals surface area contributed by atoms with Crippen molar-refractivity contribution in [3.05, 3.63) is 11.4 Å². The lowest BCUT2D eigenvalue weighted by Crippen LogP contribution is -2.39. The van der Waals surface area contributed by atoms with E-state index in [1.54, 1.807) is 11.8 Å². The Kier molecular flexibility index (Phi) is 5.34. The molecule has 0 aromatic carbocycles. The van der Waals surface area contributed by atoms with Gasteiger partial charge in [0, 0.05) is 18.3 Å². The molecule has 0 bridgehead atoms. The van der Waals surface area contributed by atoms with Gasteiger partial charge < -0.3 is 9.88 Å². The van der Waals surface area contributed by atoms with Crippen molar-refractivity contribution in [2.45, 2.75) is 77.0 Å². The Morgan fingerprint density at radius 2 is 1.96 bits per heavy atom. The number of aryl methyl sites for hydroxylation is 1. The second-order valence-electron chi connectivity index (χ2n) is 7.13. The number of carbonyl (C=O) groups excluding carboxylic acids is 1. The molecule has 0 aliphatic heterocycles. The van der Waals surface area contributed by atoms with Crippen LogP contribution in [0.1, 0.15) is 56.8 Å². The van der Waals surface area contributed by atoms with E-state index < -0.39 is 0 Å². The van der Waals surface area contributed by atoms with Crippen molar-refractivity contribution in [3.63, 3.8) is 0 Å². The van der Waals surface area contributed by atoms with E-state index in [0.717, 1.165) is 35.7 Å². The van der Waals surface area contributed by atoms with E-state index in [-0.39, 0.29) is 5.91 Å². The van der Waals surface area contributed by atoms with Gasteiger partial charge in [0.25, 0.3) is 0 Å². The van der Waals surface area contributed by atoms with E-state index in [2.05, 4.69) is 35.6 Å². The summed E-state index contributed by atoms with van der Waals surface area (Å²) in [6.07, 6.45) is 7.53. The minimum absolute atomic E-state index is 0.180. The first kappa shape index (κ1) is 16.9. The highest BCUT2D eigenvalue weighted by molar-refractivity contribution is 7.99. The molecule has 0 saturated heterocycles. The summed E-state index contributed by atoms with van der Waals surface area (Å²) in [7, 11) is 0. The molecule has 0 radical (unpaired) electrons. The van der Waals surface area contributed by atoms with Gasteiger partial charge in [-0.2, -0.15) is 0 Å². The lowest BCUT2D eigenvalue weighted by molar-refractivity contribution is -0.119. The van der Waals surface area contributed by atoms with Crippen LogP contribution in [0, 0.1) is 25.7 Å². The van der Waals surface area contributed by atoms with Crippen LogP contribution in [-0.2, 0) is 11.3 Å². The highest BCUT2D eigenvalue weighted by atomic mass is 32.2. The molecular weight excluding hydrogens is 306 g/mol. The van der Waals surface area contributed by atoms with Crippen LogP contribution in [-0.4, -0.2) is 27.3 Å². The van der Waals surface area contributed by atoms with Crippen molar-refractivity contribution in [3.8, 4) is 0 Å². The van der Waals surface area contributed by atoms with Crippen molar-refractivity contribution in [2.75, 3.05) is 5.75 Å². The molecule has 3 rings (SSSR count). The van der Waals surface area contributed by atoms with Gasteiger partial charge in [-0.1, -0.05) is 25.1 Å². The van der Waals surface area contributed by atoms with Crippen LogP contribution >= 0.6 is 11.8 Å². The largest absolute Gasteiger partial charge is 0.352 e. The molecule has 5 heteroatoms. The smallest absolute Gasteiger partial charge is 0.230 e. The molecule has 128 valence electrons. The molecule has 23 heavy (non-hydrogen) atoms. The molecule has 0 atom stereocenters. The van der Waals surface area contributed by atoms with Crippen LogP contribution in [0.3, 0.4) is 0 Å². The first-order valence-corrected chi connectivity index (χ1v) is 10.0. The summed E-state index contributed by atoms with van der Waals surface area (Å²) in [5, 5.41) is 4.30. The van der Waals surface area contributed by atoms with Crippen molar-refractivity contribution >= 4 is 17.7 Å². The van der Waals surface area contributed by atoms with Gasteiger partial charge in [-0.25, -0.2) is 4.98 Å². The number of amides is 1. The van der Waals surface area contributed by atoms with Crippen LogP contribution in [0.2, 0.25) is 0 Å². The number of rotatable bonds is 9. The fraction of sp³-hybridized carbons (Fsp3) is 0.778. The van der Waals surface area contributed by atoms with Crippen molar-refractivity contribution < 1.29 is 4.79 Å². The SMILES string of the molecule is CCCCn1c(SCC(=O)NC(C2CC2)C2CC2)nc(C)c1C. The van der Waals surface area contributed by atoms with Gasteiger partial charge in [-0.15, -0.1) is 0 Å². The molecule has 1 aromatic heterocycles. The number of unbranched alkanes of at least 4 members (excludes halogenated alkanes) is 1. The van der Waals surface area contributed by atoms with Gasteiger partial charge in [0.05, 0.1) is 11.4 Å². The van der Waals surface area contributed by atoms with Crippen LogP contribution in [0.4, 0.5) is 0 Å². The molecule has 1 heterocycles. The molecule has 2 aliphatic carbocycles. The first-order chi connectivity index (χ1) is 11.1. The monoisotopic (exact) mass is 335 g/mol. The third kappa shape index (κ3) is 4.31. The molecule has 2 aliphatic rings. The summed E-state index contributed by atoms with van der Waals surface area (Å²) in [4.78, 5) is 17.0. The Morgan fingerprint density at radius 3 is 2.52 bits per heavy atom. The zero-order valence-electron chi connectivity index (χ0n) is 14.6. The highest BCUT2D eigenvalue weighted by Gasteiger charge is 2.42. The molecule has 1 N–H and O–H groups in total. The predicted molar refractivity (Wildman–Crippen MR) is 94.7 cm³/mol. The van der Waals surface area contributed by atoms with Gasteiger partial charge in [0.15, 0.2) is 5.16 Å². The Labute approximate surface area is 143 Å². The number of hydrogen-bond donors (Lipinski definition) is 1. The van der Waals surface area contributed by atoms with Gasteiger partial charge >= 0.3 is 0 Å². The number of nitrogens with one attached hydrogen (secondary N) is 1. The van der Waals surface area contributed by atoms with Crippen molar-refractivity contribution in [1.29, 1.82) is 0 Å². The Bertz CT molecular complexity index is 549. The van der Waals surface area contributed by atoms with Gasteiger partial charge in [0.1, 0.15) is 0 Å². The summed E-state index contributed by atoms with van der Waals surface area (Å²) in [6, 6.07) is 0.450. The fourth-order valence-electron chi connectivity index (χ4n) is 3.20. The summed E-state index contributed by atoms with van der Waals surface area (Å²) >= 11 is 1.59. The average Bonchev–Trinajstić information content (AvgIpc) is 3.42. The number of thioether (sulfide) groups is 1. The molecule has 0 spiro atoms. The summed E-state index contributed by atoms with van der Waals surface area (Å²) in [6.45, 7) is 7.38. The maximum Gasteiger partial charge on any atom is 0.230 e. The summed E-state index contributed by atoms with van der Waals surface area (Å²) in [5.74, 6) is 2.18. The van der Waals surface area contributed by atoms with E-state index in [4.69, 9.17) is 0 Å². The lowest BCUT2D eigenvalue weighted by atomic mass is 10.1. The van der Waals surface area contributed by atoms with Gasteiger partial charge in [-0.05, 0) is 57.8 Å². The van der Waals surface area contributed by atoms with Crippen LogP contribution in [0.25, 0.3) is 0 Å². The lowest BCUT2D eigenvalue weighted by Gasteiger charge is -2.17. The second-order valence-corrected chi connectivity index (χ2v) is 8.07. The molecular formula is C18H29N3OS. The molecule has 0 unspecified atom stereocenters. The fourth-order valence-corrected chi connectivity index (χ4v) is 4.13. The zero-order chi connectivity index (χ0) is 16.4. The minimum atomic E-state index is 0.180. The standard InChI is InChI=1S/C18H29N3OS/c1-4-5-10-21-13(3)12(2)19-18(21)23-11-16(22)20-17(14-6-7-14)15-8-9-15/h14-15,17H,4-11H2,1-3H3,(H,20,22). The molecule has 1 aromatic rings. The zero-order valence-corrected chi connectivity index (χ0v) is 15.4. The van der Waals surface area contributed by atoms with Crippen LogP contribution in [0.15, 0.2) is 5.16 Å². The second kappa shape index (κ2) is 7.29. The number of carbonyl (C=O) groups is 1.